The van der Waals surface area contributed by atoms with Crippen molar-refractivity contribution in [3.63, 3.8) is 0 Å². The zero-order chi connectivity index (χ0) is 19.4. The van der Waals surface area contributed by atoms with E-state index in [9.17, 15) is 14.7 Å². The van der Waals surface area contributed by atoms with Gasteiger partial charge in [-0.15, -0.1) is 0 Å². The number of rotatable bonds is 4. The number of aliphatic hydroxyl groups is 1. The molecular formula is C17H27N3O5. The van der Waals surface area contributed by atoms with E-state index >= 15 is 0 Å². The summed E-state index contributed by atoms with van der Waals surface area (Å²) in [6.07, 6.45) is -0.707. The van der Waals surface area contributed by atoms with Gasteiger partial charge in [-0.05, 0) is 47.6 Å². The van der Waals surface area contributed by atoms with Crippen LogP contribution in [0, 0.1) is 0 Å². The molecule has 0 bridgehead atoms. The average molecular weight is 353 g/mol. The number of hydrogen-bond acceptors (Lipinski definition) is 7. The predicted molar refractivity (Wildman–Crippen MR) is 92.9 cm³/mol. The molecule has 0 spiro atoms. The second-order valence-corrected chi connectivity index (χ2v) is 7.57. The number of carbonyl (C=O) groups excluding carboxylic acids is 2. The molecule has 0 aliphatic rings. The fraction of sp³-hybridized carbons (Fsp3) is 0.588. The van der Waals surface area contributed by atoms with E-state index in [-0.39, 0.29) is 11.4 Å². The lowest BCUT2D eigenvalue weighted by molar-refractivity contribution is -0.159. The number of aromatic nitrogens is 1. The van der Waals surface area contributed by atoms with Crippen LogP contribution in [-0.4, -0.2) is 39.4 Å². The predicted octanol–water partition coefficient (Wildman–Crippen LogP) is 2.13. The van der Waals surface area contributed by atoms with Gasteiger partial charge in [0.2, 0.25) is 0 Å². The summed E-state index contributed by atoms with van der Waals surface area (Å²) in [6.45, 7) is 10.3. The summed E-state index contributed by atoms with van der Waals surface area (Å²) in [5.41, 5.74) is 4.57. The SMILES string of the molecule is CC(C)(C)OC(=O)Nc1ncccc1[C@H](O)[C@H](N)C(=O)OC(C)(C)C. The summed E-state index contributed by atoms with van der Waals surface area (Å²) < 4.78 is 10.3. The van der Waals surface area contributed by atoms with Gasteiger partial charge in [-0.1, -0.05) is 6.07 Å². The molecular weight excluding hydrogens is 326 g/mol. The number of ether oxygens (including phenoxy) is 2. The largest absolute Gasteiger partial charge is 0.459 e. The number of aliphatic hydroxyl groups excluding tert-OH is 1. The molecule has 1 heterocycles. The number of pyridine rings is 1. The number of anilines is 1. The number of nitrogens with zero attached hydrogens (tertiary/aromatic N) is 1. The number of hydrogen-bond donors (Lipinski definition) is 3. The molecule has 0 fully saturated rings. The molecule has 0 unspecified atom stereocenters. The normalized spacial score (nSPS) is 14.4. The van der Waals surface area contributed by atoms with Gasteiger partial charge >= 0.3 is 12.1 Å². The first kappa shape index (κ1) is 20.9. The van der Waals surface area contributed by atoms with Crippen molar-refractivity contribution in [1.29, 1.82) is 0 Å². The molecule has 25 heavy (non-hydrogen) atoms. The lowest BCUT2D eigenvalue weighted by Crippen LogP contribution is -2.41. The van der Waals surface area contributed by atoms with Crippen molar-refractivity contribution in [2.24, 2.45) is 5.73 Å². The van der Waals surface area contributed by atoms with E-state index < -0.39 is 35.4 Å². The van der Waals surface area contributed by atoms with Crippen LogP contribution in [-0.2, 0) is 14.3 Å². The third kappa shape index (κ3) is 7.06. The Morgan fingerprint density at radius 1 is 1.16 bits per heavy atom. The minimum Gasteiger partial charge on any atom is -0.459 e. The van der Waals surface area contributed by atoms with Crippen molar-refractivity contribution in [2.45, 2.75) is 64.9 Å². The number of nitrogens with one attached hydrogen (secondary N) is 1. The average Bonchev–Trinajstić information content (AvgIpc) is 2.42. The van der Waals surface area contributed by atoms with E-state index in [4.69, 9.17) is 15.2 Å². The monoisotopic (exact) mass is 353 g/mol. The van der Waals surface area contributed by atoms with Gasteiger partial charge in [0.15, 0.2) is 0 Å². The van der Waals surface area contributed by atoms with Crippen LogP contribution in [0.3, 0.4) is 0 Å². The van der Waals surface area contributed by atoms with Crippen molar-refractivity contribution in [3.05, 3.63) is 23.9 Å². The molecule has 8 heteroatoms. The molecule has 0 aliphatic heterocycles. The molecule has 1 aromatic rings. The van der Waals surface area contributed by atoms with Crippen molar-refractivity contribution in [1.82, 2.24) is 4.98 Å². The molecule has 0 aliphatic carbocycles. The minimum absolute atomic E-state index is 0.0586. The molecule has 140 valence electrons. The quantitative estimate of drug-likeness (QED) is 0.708. The van der Waals surface area contributed by atoms with Crippen LogP contribution in [0.2, 0.25) is 0 Å². The fourth-order valence-corrected chi connectivity index (χ4v) is 1.85. The summed E-state index contributed by atoms with van der Waals surface area (Å²) in [5.74, 6) is -0.699. The fourth-order valence-electron chi connectivity index (χ4n) is 1.85. The second kappa shape index (κ2) is 7.79. The molecule has 0 saturated heterocycles. The van der Waals surface area contributed by atoms with Crippen molar-refractivity contribution in [2.75, 3.05) is 5.32 Å². The highest BCUT2D eigenvalue weighted by molar-refractivity contribution is 5.85. The number of amides is 1. The van der Waals surface area contributed by atoms with Gasteiger partial charge in [0, 0.05) is 11.8 Å². The Morgan fingerprint density at radius 3 is 2.24 bits per heavy atom. The summed E-state index contributed by atoms with van der Waals surface area (Å²) in [6, 6.07) is 1.73. The Bertz CT molecular complexity index is 619. The summed E-state index contributed by atoms with van der Waals surface area (Å²) in [4.78, 5) is 28.0. The molecule has 8 nitrogen and oxygen atoms in total. The van der Waals surface area contributed by atoms with Crippen LogP contribution in [0.1, 0.15) is 53.2 Å². The lowest BCUT2D eigenvalue weighted by Gasteiger charge is -2.25. The van der Waals surface area contributed by atoms with Gasteiger partial charge in [0.1, 0.15) is 29.2 Å². The second-order valence-electron chi connectivity index (χ2n) is 7.57. The highest BCUT2D eigenvalue weighted by Gasteiger charge is 2.31. The summed E-state index contributed by atoms with van der Waals surface area (Å²) in [5, 5.41) is 12.9. The van der Waals surface area contributed by atoms with Crippen LogP contribution in [0.15, 0.2) is 18.3 Å². The van der Waals surface area contributed by atoms with Crippen LogP contribution < -0.4 is 11.1 Å². The van der Waals surface area contributed by atoms with Gasteiger partial charge in [-0.3, -0.25) is 10.1 Å². The van der Waals surface area contributed by atoms with Gasteiger partial charge < -0.3 is 20.3 Å². The van der Waals surface area contributed by atoms with Crippen molar-refractivity contribution >= 4 is 17.9 Å². The third-order valence-electron chi connectivity index (χ3n) is 2.80. The molecule has 0 saturated carbocycles. The van der Waals surface area contributed by atoms with E-state index in [1.54, 1.807) is 47.6 Å². The Kier molecular flexibility index (Phi) is 6.50. The maximum Gasteiger partial charge on any atom is 0.413 e. The van der Waals surface area contributed by atoms with Gasteiger partial charge in [-0.2, -0.15) is 0 Å². The highest BCUT2D eigenvalue weighted by atomic mass is 16.6. The first-order valence-electron chi connectivity index (χ1n) is 7.91. The van der Waals surface area contributed by atoms with Gasteiger partial charge in [0.25, 0.3) is 0 Å². The van der Waals surface area contributed by atoms with Crippen LogP contribution in [0.25, 0.3) is 0 Å². The van der Waals surface area contributed by atoms with E-state index in [0.29, 0.717) is 0 Å². The minimum atomic E-state index is -1.41. The summed E-state index contributed by atoms with van der Waals surface area (Å²) >= 11 is 0. The molecule has 1 aromatic heterocycles. The van der Waals surface area contributed by atoms with E-state index in [1.807, 2.05) is 0 Å². The van der Waals surface area contributed by atoms with Gasteiger partial charge in [0.05, 0.1) is 0 Å². The third-order valence-corrected chi connectivity index (χ3v) is 2.80. The van der Waals surface area contributed by atoms with Crippen molar-refractivity contribution in [3.8, 4) is 0 Å². The molecule has 0 radical (unpaired) electrons. The van der Waals surface area contributed by atoms with Crippen LogP contribution in [0.4, 0.5) is 10.6 Å². The first-order chi connectivity index (χ1) is 11.3. The van der Waals surface area contributed by atoms with E-state index in [2.05, 4.69) is 10.3 Å². The maximum atomic E-state index is 12.1. The standard InChI is InChI=1S/C17H27N3O5/c1-16(2,3)24-14(22)11(18)12(21)10-8-7-9-19-13(10)20-15(23)25-17(4,5)6/h7-9,11-12,21H,18H2,1-6H3,(H,19,20,23)/t11-,12-/m0/s1. The topological polar surface area (TPSA) is 124 Å². The molecule has 4 N–H and O–H groups in total. The first-order valence-corrected chi connectivity index (χ1v) is 7.91. The number of esters is 1. The smallest absolute Gasteiger partial charge is 0.413 e. The molecule has 0 aromatic carbocycles. The Hall–Kier alpha value is -2.19. The van der Waals surface area contributed by atoms with E-state index in [0.717, 1.165) is 0 Å². The Labute approximate surface area is 147 Å². The van der Waals surface area contributed by atoms with Gasteiger partial charge in [-0.25, -0.2) is 9.78 Å². The highest BCUT2D eigenvalue weighted by Crippen LogP contribution is 2.24. The molecule has 1 rings (SSSR count). The number of carbonyl (C=O) groups is 2. The van der Waals surface area contributed by atoms with E-state index in [1.165, 1.54) is 12.3 Å². The Balaban J connectivity index is 2.94. The zero-order valence-corrected chi connectivity index (χ0v) is 15.5. The maximum absolute atomic E-state index is 12.1. The Morgan fingerprint density at radius 2 is 1.72 bits per heavy atom. The summed E-state index contributed by atoms with van der Waals surface area (Å²) in [7, 11) is 0. The number of nitrogens with two attached hydrogens (primary N) is 1. The molecule has 1 amide bonds. The molecule has 2 atom stereocenters. The van der Waals surface area contributed by atoms with Crippen molar-refractivity contribution < 1.29 is 24.2 Å². The van der Waals surface area contributed by atoms with Crippen LogP contribution in [0.5, 0.6) is 0 Å². The van der Waals surface area contributed by atoms with Crippen LogP contribution >= 0.6 is 0 Å². The lowest BCUT2D eigenvalue weighted by atomic mass is 10.0. The zero-order valence-electron chi connectivity index (χ0n) is 15.5.